The van der Waals surface area contributed by atoms with E-state index in [9.17, 15) is 0 Å². The van der Waals surface area contributed by atoms with E-state index in [4.69, 9.17) is 11.6 Å². The lowest BCUT2D eigenvalue weighted by Gasteiger charge is -2.13. The fourth-order valence-electron chi connectivity index (χ4n) is 1.20. The highest BCUT2D eigenvalue weighted by Gasteiger charge is 2.13. The largest absolute Gasteiger partial charge is 0.258 e. The first-order valence-electron chi connectivity index (χ1n) is 4.94. The minimum absolute atomic E-state index is 0.143. The lowest BCUT2D eigenvalue weighted by molar-refractivity contribution is 0.587. The van der Waals surface area contributed by atoms with Gasteiger partial charge in [-0.15, -0.1) is 11.6 Å². The number of hydrogen-bond donors (Lipinski definition) is 0. The second-order valence-corrected chi connectivity index (χ2v) is 4.57. The molecule has 0 fully saturated rings. The Kier molecular flexibility index (Phi) is 3.87. The third kappa shape index (κ3) is 2.95. The molecule has 1 aromatic rings. The quantitative estimate of drug-likeness (QED) is 0.721. The number of halogens is 1. The topological polar surface area (TPSA) is 25.8 Å². The monoisotopic (exact) mass is 212 g/mol. The second kappa shape index (κ2) is 4.74. The minimum atomic E-state index is 0.143. The van der Waals surface area contributed by atoms with Crippen LogP contribution in [0.25, 0.3) is 0 Å². The van der Waals surface area contributed by atoms with E-state index < -0.39 is 0 Å². The van der Waals surface area contributed by atoms with E-state index in [1.165, 1.54) is 0 Å². The summed E-state index contributed by atoms with van der Waals surface area (Å²) in [6, 6.07) is 0. The number of rotatable bonds is 3. The van der Waals surface area contributed by atoms with Crippen LogP contribution in [0.2, 0.25) is 0 Å². The molecule has 0 aliphatic carbocycles. The third-order valence-electron chi connectivity index (χ3n) is 2.29. The molecule has 1 heterocycles. The maximum Gasteiger partial charge on any atom is 0.0633 e. The van der Waals surface area contributed by atoms with Gasteiger partial charge in [0.2, 0.25) is 0 Å². The summed E-state index contributed by atoms with van der Waals surface area (Å²) in [6.45, 7) is 8.17. The van der Waals surface area contributed by atoms with Crippen molar-refractivity contribution in [1.82, 2.24) is 9.97 Å². The Bertz CT molecular complexity index is 310. The lowest BCUT2D eigenvalue weighted by Crippen LogP contribution is -2.14. The molecular weight excluding hydrogens is 196 g/mol. The molecule has 78 valence electrons. The van der Waals surface area contributed by atoms with Crippen LogP contribution >= 0.6 is 11.6 Å². The summed E-state index contributed by atoms with van der Waals surface area (Å²) in [6.07, 6.45) is 2.59. The summed E-state index contributed by atoms with van der Waals surface area (Å²) in [5.74, 6) is 0.471. The molecule has 2 nitrogen and oxygen atoms in total. The molecule has 0 aliphatic rings. The van der Waals surface area contributed by atoms with Crippen LogP contribution in [0.5, 0.6) is 0 Å². The highest BCUT2D eigenvalue weighted by Crippen LogP contribution is 2.16. The van der Waals surface area contributed by atoms with Crippen LogP contribution in [0.3, 0.4) is 0 Å². The summed E-state index contributed by atoms with van der Waals surface area (Å²) in [5.41, 5.74) is 2.97. The van der Waals surface area contributed by atoms with Gasteiger partial charge in [-0.3, -0.25) is 9.97 Å². The van der Waals surface area contributed by atoms with Crippen molar-refractivity contribution < 1.29 is 0 Å². The molecule has 0 amide bonds. The predicted molar refractivity (Wildman–Crippen MR) is 59.7 cm³/mol. The highest BCUT2D eigenvalue weighted by molar-refractivity contribution is 6.20. The average molecular weight is 213 g/mol. The molecule has 0 spiro atoms. The van der Waals surface area contributed by atoms with Crippen LogP contribution in [0.15, 0.2) is 6.20 Å². The predicted octanol–water partition coefficient (Wildman–Crippen LogP) is 2.90. The molecule has 0 saturated carbocycles. The van der Waals surface area contributed by atoms with E-state index in [2.05, 4.69) is 23.8 Å². The van der Waals surface area contributed by atoms with E-state index in [0.29, 0.717) is 5.92 Å². The summed E-state index contributed by atoms with van der Waals surface area (Å²) in [5, 5.41) is 0.143. The van der Waals surface area contributed by atoms with E-state index in [-0.39, 0.29) is 5.38 Å². The van der Waals surface area contributed by atoms with Gasteiger partial charge in [0.1, 0.15) is 0 Å². The van der Waals surface area contributed by atoms with Gasteiger partial charge in [-0.1, -0.05) is 13.8 Å². The van der Waals surface area contributed by atoms with E-state index in [0.717, 1.165) is 23.5 Å². The molecule has 1 atom stereocenters. The molecule has 14 heavy (non-hydrogen) atoms. The summed E-state index contributed by atoms with van der Waals surface area (Å²) >= 11 is 6.21. The molecule has 0 radical (unpaired) electrons. The van der Waals surface area contributed by atoms with Gasteiger partial charge in [0.05, 0.1) is 17.1 Å². The van der Waals surface area contributed by atoms with E-state index >= 15 is 0 Å². The molecule has 1 rings (SSSR count). The molecule has 0 aliphatic heterocycles. The first-order valence-corrected chi connectivity index (χ1v) is 5.37. The fraction of sp³-hybridized carbons (Fsp3) is 0.636. The number of nitrogens with zero attached hydrogens (tertiary/aromatic N) is 2. The Morgan fingerprint density at radius 3 is 2.57 bits per heavy atom. The molecule has 1 aromatic heterocycles. The highest BCUT2D eigenvalue weighted by atomic mass is 35.5. The van der Waals surface area contributed by atoms with Gasteiger partial charge in [0.25, 0.3) is 0 Å². The first-order chi connectivity index (χ1) is 6.50. The van der Waals surface area contributed by atoms with Crippen LogP contribution in [-0.4, -0.2) is 15.3 Å². The van der Waals surface area contributed by atoms with Crippen LogP contribution in [-0.2, 0) is 6.42 Å². The Balaban J connectivity index is 2.80. The molecule has 0 saturated heterocycles. The van der Waals surface area contributed by atoms with Crippen molar-refractivity contribution in [3.8, 4) is 0 Å². The maximum absolute atomic E-state index is 6.21. The van der Waals surface area contributed by atoms with Crippen LogP contribution in [0.4, 0.5) is 0 Å². The molecule has 1 unspecified atom stereocenters. The second-order valence-electron chi connectivity index (χ2n) is 4.01. The van der Waals surface area contributed by atoms with E-state index in [1.54, 1.807) is 6.20 Å². The summed E-state index contributed by atoms with van der Waals surface area (Å²) in [4.78, 5) is 8.72. The van der Waals surface area contributed by atoms with Crippen molar-refractivity contribution in [3.05, 3.63) is 23.3 Å². The number of alkyl halides is 1. The van der Waals surface area contributed by atoms with Gasteiger partial charge in [0.15, 0.2) is 0 Å². The van der Waals surface area contributed by atoms with Crippen molar-refractivity contribution in [2.75, 3.05) is 0 Å². The lowest BCUT2D eigenvalue weighted by atomic mass is 10.0. The molecular formula is C11H17ClN2. The Morgan fingerprint density at radius 1 is 1.36 bits per heavy atom. The van der Waals surface area contributed by atoms with Gasteiger partial charge in [-0.05, 0) is 19.8 Å². The van der Waals surface area contributed by atoms with Crippen molar-refractivity contribution in [1.29, 1.82) is 0 Å². The third-order valence-corrected chi connectivity index (χ3v) is 2.94. The number of aromatic nitrogens is 2. The minimum Gasteiger partial charge on any atom is -0.258 e. The Hall–Kier alpha value is -0.630. The molecule has 0 aromatic carbocycles. The van der Waals surface area contributed by atoms with Crippen LogP contribution in [0, 0.1) is 19.8 Å². The Morgan fingerprint density at radius 2 is 2.00 bits per heavy atom. The maximum atomic E-state index is 6.21. The van der Waals surface area contributed by atoms with Gasteiger partial charge < -0.3 is 0 Å². The fourth-order valence-corrected chi connectivity index (χ4v) is 1.35. The van der Waals surface area contributed by atoms with Gasteiger partial charge in [0, 0.05) is 18.0 Å². The van der Waals surface area contributed by atoms with Gasteiger partial charge in [-0.2, -0.15) is 0 Å². The van der Waals surface area contributed by atoms with Crippen molar-refractivity contribution in [3.63, 3.8) is 0 Å². The number of hydrogen-bond acceptors (Lipinski definition) is 2. The van der Waals surface area contributed by atoms with Gasteiger partial charge >= 0.3 is 0 Å². The average Bonchev–Trinajstić information content (AvgIpc) is 2.11. The number of aryl methyl sites for hydroxylation is 2. The Labute approximate surface area is 90.7 Å². The van der Waals surface area contributed by atoms with Crippen molar-refractivity contribution >= 4 is 11.6 Å². The van der Waals surface area contributed by atoms with Crippen molar-refractivity contribution in [2.45, 2.75) is 39.5 Å². The first kappa shape index (κ1) is 11.4. The smallest absolute Gasteiger partial charge is 0.0633 e. The zero-order valence-electron chi connectivity index (χ0n) is 9.21. The molecule has 0 bridgehead atoms. The zero-order chi connectivity index (χ0) is 10.7. The summed E-state index contributed by atoms with van der Waals surface area (Å²) < 4.78 is 0. The van der Waals surface area contributed by atoms with E-state index in [1.807, 2.05) is 13.8 Å². The summed E-state index contributed by atoms with van der Waals surface area (Å²) in [7, 11) is 0. The normalized spacial score (nSPS) is 13.3. The molecule has 0 N–H and O–H groups in total. The zero-order valence-corrected chi connectivity index (χ0v) is 9.97. The molecule has 3 heteroatoms. The van der Waals surface area contributed by atoms with Gasteiger partial charge in [-0.25, -0.2) is 0 Å². The van der Waals surface area contributed by atoms with Crippen molar-refractivity contribution in [2.24, 2.45) is 5.92 Å². The standard InChI is InChI=1S/C11H17ClN2/c1-7(2)10(12)5-11-9(4)13-6-8(3)14-11/h6-7,10H,5H2,1-4H3. The SMILES string of the molecule is Cc1cnc(C)c(CC(Cl)C(C)C)n1. The van der Waals surface area contributed by atoms with Crippen LogP contribution < -0.4 is 0 Å². The van der Waals surface area contributed by atoms with Crippen LogP contribution in [0.1, 0.15) is 30.9 Å².